The maximum absolute atomic E-state index is 12.3. The Morgan fingerprint density at radius 3 is 2.45 bits per heavy atom. The van der Waals surface area contributed by atoms with Crippen molar-refractivity contribution >= 4 is 19.3 Å². The fraction of sp³-hybridized carbons (Fsp3) is 0.294. The van der Waals surface area contributed by atoms with Crippen molar-refractivity contribution in [2.45, 2.75) is 20.3 Å². The lowest BCUT2D eigenvalue weighted by molar-refractivity contribution is 0.0516. The summed E-state index contributed by atoms with van der Waals surface area (Å²) in [7, 11) is 7.50. The Bertz CT molecular complexity index is 739. The molecule has 0 unspecified atom stereocenters. The quantitative estimate of drug-likeness (QED) is 0.640. The SMILES string of the molecule is [B]c1ccc(-c2c(C#N)c(CC)n(C)c2C(=O)OCC)cc1. The van der Waals surface area contributed by atoms with Crippen molar-refractivity contribution in [2.24, 2.45) is 7.05 Å². The average Bonchev–Trinajstić information content (AvgIpc) is 2.80. The van der Waals surface area contributed by atoms with Gasteiger partial charge in [0.25, 0.3) is 0 Å². The molecule has 4 nitrogen and oxygen atoms in total. The Morgan fingerprint density at radius 2 is 1.95 bits per heavy atom. The van der Waals surface area contributed by atoms with Crippen molar-refractivity contribution < 1.29 is 9.53 Å². The topological polar surface area (TPSA) is 55.0 Å². The molecule has 0 aliphatic carbocycles. The fourth-order valence-electron chi connectivity index (χ4n) is 2.64. The minimum atomic E-state index is -0.423. The zero-order valence-corrected chi connectivity index (χ0v) is 13.0. The molecule has 2 rings (SSSR count). The average molecular weight is 292 g/mol. The van der Waals surface area contributed by atoms with Gasteiger partial charge in [-0.15, -0.1) is 0 Å². The smallest absolute Gasteiger partial charge is 0.355 e. The molecule has 0 saturated heterocycles. The molecule has 110 valence electrons. The molecule has 0 spiro atoms. The van der Waals surface area contributed by atoms with Gasteiger partial charge in [-0.1, -0.05) is 36.7 Å². The van der Waals surface area contributed by atoms with Crippen LogP contribution >= 0.6 is 0 Å². The van der Waals surface area contributed by atoms with E-state index in [0.29, 0.717) is 28.7 Å². The third-order valence-corrected chi connectivity index (χ3v) is 3.63. The first-order valence-corrected chi connectivity index (χ1v) is 7.19. The first kappa shape index (κ1) is 15.9. The molecule has 2 radical (unpaired) electrons. The molecule has 0 N–H and O–H groups in total. The van der Waals surface area contributed by atoms with E-state index in [-0.39, 0.29) is 6.61 Å². The number of rotatable bonds is 4. The lowest BCUT2D eigenvalue weighted by atomic mass is 9.92. The van der Waals surface area contributed by atoms with Gasteiger partial charge < -0.3 is 9.30 Å². The second-order valence-electron chi connectivity index (χ2n) is 4.91. The molecule has 0 fully saturated rings. The van der Waals surface area contributed by atoms with Crippen LogP contribution in [0.15, 0.2) is 24.3 Å². The number of aromatic nitrogens is 1. The second kappa shape index (κ2) is 6.53. The molecule has 1 aromatic heterocycles. The van der Waals surface area contributed by atoms with E-state index in [2.05, 4.69) is 6.07 Å². The van der Waals surface area contributed by atoms with Gasteiger partial charge in [-0.3, -0.25) is 0 Å². The van der Waals surface area contributed by atoms with E-state index in [4.69, 9.17) is 12.6 Å². The van der Waals surface area contributed by atoms with Gasteiger partial charge in [0, 0.05) is 18.3 Å². The molecule has 0 saturated carbocycles. The predicted molar refractivity (Wildman–Crippen MR) is 86.3 cm³/mol. The summed E-state index contributed by atoms with van der Waals surface area (Å²) in [5.74, 6) is -0.423. The number of benzene rings is 1. The molecule has 2 aromatic rings. The second-order valence-corrected chi connectivity index (χ2v) is 4.91. The molecule has 1 heterocycles. The van der Waals surface area contributed by atoms with E-state index in [1.807, 2.05) is 19.1 Å². The van der Waals surface area contributed by atoms with Gasteiger partial charge in [0.05, 0.1) is 12.2 Å². The molecule has 1 aromatic carbocycles. The Hall–Kier alpha value is -2.48. The van der Waals surface area contributed by atoms with Crippen molar-refractivity contribution in [1.82, 2.24) is 4.57 Å². The van der Waals surface area contributed by atoms with Gasteiger partial charge in [0.15, 0.2) is 0 Å². The van der Waals surface area contributed by atoms with Gasteiger partial charge in [0.2, 0.25) is 0 Å². The molecule has 0 aliphatic rings. The number of ether oxygens (including phenoxy) is 1. The monoisotopic (exact) mass is 292 g/mol. The highest BCUT2D eigenvalue weighted by Crippen LogP contribution is 2.32. The van der Waals surface area contributed by atoms with Crippen LogP contribution in [0.5, 0.6) is 0 Å². The van der Waals surface area contributed by atoms with Gasteiger partial charge in [-0.2, -0.15) is 5.26 Å². The van der Waals surface area contributed by atoms with Gasteiger partial charge in [0.1, 0.15) is 19.6 Å². The summed E-state index contributed by atoms with van der Waals surface area (Å²) in [5, 5.41) is 9.56. The molecule has 22 heavy (non-hydrogen) atoms. The number of hydrogen-bond acceptors (Lipinski definition) is 3. The predicted octanol–water partition coefficient (Wildman–Crippen LogP) is 2.10. The maximum atomic E-state index is 12.3. The highest BCUT2D eigenvalue weighted by molar-refractivity contribution is 6.32. The summed E-state index contributed by atoms with van der Waals surface area (Å²) in [6, 6.07) is 9.36. The lowest BCUT2D eigenvalue weighted by Crippen LogP contribution is -2.12. The van der Waals surface area contributed by atoms with Gasteiger partial charge in [-0.25, -0.2) is 4.79 Å². The summed E-state index contributed by atoms with van der Waals surface area (Å²) >= 11 is 0. The Morgan fingerprint density at radius 1 is 1.32 bits per heavy atom. The van der Waals surface area contributed by atoms with Crippen LogP contribution in [-0.2, 0) is 18.2 Å². The number of esters is 1. The minimum absolute atomic E-state index is 0.286. The van der Waals surface area contributed by atoms with E-state index in [9.17, 15) is 10.1 Å². The van der Waals surface area contributed by atoms with Crippen LogP contribution < -0.4 is 5.46 Å². The molecular weight excluding hydrogens is 275 g/mol. The van der Waals surface area contributed by atoms with Gasteiger partial charge >= 0.3 is 5.97 Å². The highest BCUT2D eigenvalue weighted by Gasteiger charge is 2.26. The number of carbonyl (C=O) groups excluding carboxylic acids is 1. The van der Waals surface area contributed by atoms with Crippen LogP contribution in [0, 0.1) is 11.3 Å². The molecular formula is C17H17BN2O2. The first-order chi connectivity index (χ1) is 10.5. The third-order valence-electron chi connectivity index (χ3n) is 3.63. The van der Waals surface area contributed by atoms with E-state index >= 15 is 0 Å². The van der Waals surface area contributed by atoms with Crippen molar-refractivity contribution in [1.29, 1.82) is 5.26 Å². The summed E-state index contributed by atoms with van der Waals surface area (Å²) in [4.78, 5) is 12.3. The molecule has 0 atom stereocenters. The standard InChI is InChI=1S/C17H17BN2O2/c1-4-14-13(10-19)15(11-6-8-12(18)9-7-11)16(20(14)3)17(21)22-5-2/h6-9H,4-5H2,1-3H3. The molecule has 0 amide bonds. The highest BCUT2D eigenvalue weighted by atomic mass is 16.5. The summed E-state index contributed by atoms with van der Waals surface area (Å²) in [5.41, 5.74) is 3.76. The van der Waals surface area contributed by atoms with Crippen LogP contribution in [0.25, 0.3) is 11.1 Å². The lowest BCUT2D eigenvalue weighted by Gasteiger charge is -2.08. The van der Waals surface area contributed by atoms with E-state index in [0.717, 1.165) is 11.3 Å². The van der Waals surface area contributed by atoms with Crippen LogP contribution in [0.4, 0.5) is 0 Å². The van der Waals surface area contributed by atoms with Crippen molar-refractivity contribution in [3.8, 4) is 17.2 Å². The Labute approximate surface area is 131 Å². The number of nitriles is 1. The summed E-state index contributed by atoms with van der Waals surface area (Å²) in [6.07, 6.45) is 0.654. The zero-order chi connectivity index (χ0) is 16.3. The molecule has 5 heteroatoms. The molecule has 0 aliphatic heterocycles. The minimum Gasteiger partial charge on any atom is -0.461 e. The van der Waals surface area contributed by atoms with Crippen molar-refractivity contribution in [3.05, 3.63) is 41.2 Å². The number of nitrogens with zero attached hydrogens (tertiary/aromatic N) is 2. The van der Waals surface area contributed by atoms with Crippen LogP contribution in [0.3, 0.4) is 0 Å². The van der Waals surface area contributed by atoms with E-state index in [1.54, 1.807) is 30.7 Å². The normalized spacial score (nSPS) is 10.3. The van der Waals surface area contributed by atoms with Crippen LogP contribution in [-0.4, -0.2) is 25.0 Å². The van der Waals surface area contributed by atoms with Gasteiger partial charge in [-0.05, 0) is 18.9 Å². The fourth-order valence-corrected chi connectivity index (χ4v) is 2.64. The largest absolute Gasteiger partial charge is 0.461 e. The van der Waals surface area contributed by atoms with Crippen molar-refractivity contribution in [3.63, 3.8) is 0 Å². The maximum Gasteiger partial charge on any atom is 0.355 e. The number of hydrogen-bond donors (Lipinski definition) is 0. The Balaban J connectivity index is 2.77. The third kappa shape index (κ3) is 2.65. The Kier molecular flexibility index (Phi) is 4.72. The van der Waals surface area contributed by atoms with Crippen molar-refractivity contribution in [2.75, 3.05) is 6.61 Å². The first-order valence-electron chi connectivity index (χ1n) is 7.19. The van der Waals surface area contributed by atoms with Crippen LogP contribution in [0.2, 0.25) is 0 Å². The van der Waals surface area contributed by atoms with E-state index < -0.39 is 5.97 Å². The zero-order valence-electron chi connectivity index (χ0n) is 13.0. The number of carbonyl (C=O) groups is 1. The molecule has 0 bridgehead atoms. The van der Waals surface area contributed by atoms with E-state index in [1.165, 1.54) is 0 Å². The summed E-state index contributed by atoms with van der Waals surface area (Å²) < 4.78 is 6.91. The van der Waals surface area contributed by atoms with Crippen LogP contribution in [0.1, 0.15) is 35.6 Å². The summed E-state index contributed by atoms with van der Waals surface area (Å²) in [6.45, 7) is 4.00.